The van der Waals surface area contributed by atoms with Gasteiger partial charge in [0.1, 0.15) is 17.3 Å². The van der Waals surface area contributed by atoms with Gasteiger partial charge in [-0.25, -0.2) is 8.78 Å². The Morgan fingerprint density at radius 3 is 2.22 bits per heavy atom. The van der Waals surface area contributed by atoms with Crippen LogP contribution < -0.4 is 5.32 Å². The van der Waals surface area contributed by atoms with Crippen molar-refractivity contribution in [1.82, 2.24) is 5.32 Å². The Hall–Kier alpha value is -1.78. The summed E-state index contributed by atoms with van der Waals surface area (Å²) in [6, 6.07) is 3.14. The second-order valence-electron chi connectivity index (χ2n) is 4.84. The van der Waals surface area contributed by atoms with E-state index in [9.17, 15) is 13.6 Å². The largest absolute Gasteiger partial charge is 0.323 e. The maximum absolute atomic E-state index is 13.2. The summed E-state index contributed by atoms with van der Waals surface area (Å²) in [5.41, 5.74) is -0.411. The van der Waals surface area contributed by atoms with Crippen LogP contribution in [0.25, 0.3) is 0 Å². The van der Waals surface area contributed by atoms with Gasteiger partial charge in [-0.2, -0.15) is 0 Å². The highest BCUT2D eigenvalue weighted by Crippen LogP contribution is 2.29. The Kier molecular flexibility index (Phi) is 2.92. The third-order valence-electron chi connectivity index (χ3n) is 2.91. The van der Waals surface area contributed by atoms with Crippen molar-refractivity contribution in [3.63, 3.8) is 0 Å². The lowest BCUT2D eigenvalue weighted by atomic mass is 10.0. The number of hydrogen-bond acceptors (Lipinski definition) is 2. The van der Waals surface area contributed by atoms with Gasteiger partial charge in [-0.15, -0.1) is 0 Å². The van der Waals surface area contributed by atoms with Crippen LogP contribution in [0.5, 0.6) is 0 Å². The molecule has 1 atom stereocenters. The molecule has 1 amide bonds. The number of nitrogens with zero attached hydrogens (tertiary/aromatic N) is 1. The van der Waals surface area contributed by atoms with Crippen molar-refractivity contribution in [3.8, 4) is 0 Å². The molecule has 1 aliphatic rings. The molecule has 5 heteroatoms. The number of aliphatic imine (C=N–C) groups is 1. The molecule has 0 fully saturated rings. The summed E-state index contributed by atoms with van der Waals surface area (Å²) in [4.78, 5) is 16.0. The minimum absolute atomic E-state index is 0.0368. The predicted octanol–water partition coefficient (Wildman–Crippen LogP) is 2.36. The topological polar surface area (TPSA) is 41.5 Å². The lowest BCUT2D eigenvalue weighted by Gasteiger charge is -2.21. The number of hydrogen-bond donors (Lipinski definition) is 1. The zero-order valence-corrected chi connectivity index (χ0v) is 10.4. The van der Waals surface area contributed by atoms with E-state index in [0.717, 1.165) is 6.07 Å². The van der Waals surface area contributed by atoms with Crippen LogP contribution in [0.1, 0.15) is 26.3 Å². The first-order chi connectivity index (χ1) is 8.32. The Morgan fingerprint density at radius 1 is 1.22 bits per heavy atom. The molecule has 0 unspecified atom stereocenters. The Morgan fingerprint density at radius 2 is 1.78 bits per heavy atom. The van der Waals surface area contributed by atoms with Gasteiger partial charge in [0.2, 0.25) is 0 Å². The fourth-order valence-electron chi connectivity index (χ4n) is 1.97. The van der Waals surface area contributed by atoms with E-state index in [0.29, 0.717) is 11.3 Å². The molecule has 2 rings (SSSR count). The highest BCUT2D eigenvalue weighted by Gasteiger charge is 2.37. The molecule has 1 aromatic carbocycles. The van der Waals surface area contributed by atoms with Crippen LogP contribution in [0.2, 0.25) is 0 Å². The van der Waals surface area contributed by atoms with E-state index in [1.807, 2.05) is 13.8 Å². The number of benzene rings is 1. The average molecular weight is 252 g/mol. The van der Waals surface area contributed by atoms with Gasteiger partial charge in [0.25, 0.3) is 5.91 Å². The normalized spacial score (nSPS) is 23.2. The smallest absolute Gasteiger partial charge is 0.267 e. The van der Waals surface area contributed by atoms with Crippen LogP contribution in [0.4, 0.5) is 8.78 Å². The van der Waals surface area contributed by atoms with Crippen molar-refractivity contribution < 1.29 is 13.6 Å². The van der Waals surface area contributed by atoms with Crippen molar-refractivity contribution in [2.24, 2.45) is 10.9 Å². The molecule has 1 heterocycles. The number of carbonyl (C=O) groups excluding carboxylic acids is 1. The summed E-state index contributed by atoms with van der Waals surface area (Å²) in [5.74, 6) is -1.70. The second kappa shape index (κ2) is 4.15. The maximum atomic E-state index is 13.2. The van der Waals surface area contributed by atoms with E-state index in [1.54, 1.807) is 6.92 Å². The van der Waals surface area contributed by atoms with Crippen molar-refractivity contribution in [3.05, 3.63) is 35.4 Å². The van der Waals surface area contributed by atoms with E-state index >= 15 is 0 Å². The highest BCUT2D eigenvalue weighted by molar-refractivity contribution is 6.41. The predicted molar refractivity (Wildman–Crippen MR) is 64.1 cm³/mol. The van der Waals surface area contributed by atoms with Crippen molar-refractivity contribution >= 4 is 11.6 Å². The molecule has 0 bridgehead atoms. The number of amides is 1. The Labute approximate surface area is 104 Å². The molecule has 96 valence electrons. The number of carbonyl (C=O) groups is 1. The minimum Gasteiger partial charge on any atom is -0.323 e. The molecule has 0 saturated carbocycles. The molecule has 1 aromatic rings. The average Bonchev–Trinajstić information content (AvgIpc) is 2.54. The van der Waals surface area contributed by atoms with E-state index in [2.05, 4.69) is 10.3 Å². The number of halogens is 2. The lowest BCUT2D eigenvalue weighted by molar-refractivity contribution is -0.115. The van der Waals surface area contributed by atoms with Crippen molar-refractivity contribution in [2.45, 2.75) is 26.4 Å². The van der Waals surface area contributed by atoms with Crippen LogP contribution in [-0.4, -0.2) is 11.6 Å². The van der Waals surface area contributed by atoms with Gasteiger partial charge in [-0.05, 0) is 19.1 Å². The summed E-state index contributed by atoms with van der Waals surface area (Å²) < 4.78 is 26.4. The van der Waals surface area contributed by atoms with Gasteiger partial charge in [0.15, 0.2) is 5.66 Å². The first-order valence-electron chi connectivity index (χ1n) is 5.70. The zero-order chi connectivity index (χ0) is 13.5. The maximum Gasteiger partial charge on any atom is 0.267 e. The van der Waals surface area contributed by atoms with Gasteiger partial charge < -0.3 is 5.32 Å². The quantitative estimate of drug-likeness (QED) is 0.862. The summed E-state index contributed by atoms with van der Waals surface area (Å²) in [6.45, 7) is 5.31. The van der Waals surface area contributed by atoms with Gasteiger partial charge >= 0.3 is 0 Å². The van der Waals surface area contributed by atoms with Gasteiger partial charge in [0, 0.05) is 17.5 Å². The zero-order valence-electron chi connectivity index (χ0n) is 10.4. The van der Waals surface area contributed by atoms with Crippen LogP contribution in [0, 0.1) is 17.6 Å². The third-order valence-corrected chi connectivity index (χ3v) is 2.91. The number of rotatable bonds is 2. The number of nitrogens with one attached hydrogen (secondary N) is 1. The molecule has 0 aromatic heterocycles. The SMILES string of the molecule is CC(C)C1=N[C@@](C)(c2cc(F)cc(F)c2)NC1=O. The molecule has 3 nitrogen and oxygen atoms in total. The molecular formula is C13H14F2N2O. The fourth-order valence-corrected chi connectivity index (χ4v) is 1.97. The first kappa shape index (κ1) is 12.7. The highest BCUT2D eigenvalue weighted by atomic mass is 19.1. The summed E-state index contributed by atoms with van der Waals surface area (Å²) in [7, 11) is 0. The van der Waals surface area contributed by atoms with E-state index in [-0.39, 0.29) is 11.8 Å². The van der Waals surface area contributed by atoms with Gasteiger partial charge in [0.05, 0.1) is 0 Å². The van der Waals surface area contributed by atoms with Gasteiger partial charge in [-0.1, -0.05) is 13.8 Å². The van der Waals surface area contributed by atoms with E-state index in [4.69, 9.17) is 0 Å². The molecule has 0 radical (unpaired) electrons. The van der Waals surface area contributed by atoms with Crippen LogP contribution in [0.15, 0.2) is 23.2 Å². The van der Waals surface area contributed by atoms with Crippen LogP contribution in [-0.2, 0) is 10.5 Å². The Bertz CT molecular complexity index is 520. The molecule has 0 saturated heterocycles. The van der Waals surface area contributed by atoms with Crippen LogP contribution >= 0.6 is 0 Å². The molecule has 1 aliphatic heterocycles. The monoisotopic (exact) mass is 252 g/mol. The molecule has 0 aliphatic carbocycles. The van der Waals surface area contributed by atoms with Gasteiger partial charge in [-0.3, -0.25) is 9.79 Å². The standard InChI is InChI=1S/C13H14F2N2O/c1-7(2)11-12(18)17-13(3,16-11)8-4-9(14)6-10(15)5-8/h4-7H,1-3H3,(H,17,18)/t13-/m1/s1. The van der Waals surface area contributed by atoms with E-state index in [1.165, 1.54) is 12.1 Å². The third kappa shape index (κ3) is 2.12. The molecule has 0 spiro atoms. The Balaban J connectivity index is 2.47. The van der Waals surface area contributed by atoms with E-state index < -0.39 is 17.3 Å². The first-order valence-corrected chi connectivity index (χ1v) is 5.70. The lowest BCUT2D eigenvalue weighted by Crippen LogP contribution is -2.38. The summed E-state index contributed by atoms with van der Waals surface area (Å²) in [5, 5.41) is 2.66. The van der Waals surface area contributed by atoms with Crippen LogP contribution in [0.3, 0.4) is 0 Å². The summed E-state index contributed by atoms with van der Waals surface area (Å²) >= 11 is 0. The second-order valence-corrected chi connectivity index (χ2v) is 4.84. The molecule has 1 N–H and O–H groups in total. The fraction of sp³-hybridized carbons (Fsp3) is 0.385. The van der Waals surface area contributed by atoms with Crippen molar-refractivity contribution in [1.29, 1.82) is 0 Å². The molecular weight excluding hydrogens is 238 g/mol. The molecule has 18 heavy (non-hydrogen) atoms. The minimum atomic E-state index is -1.10. The van der Waals surface area contributed by atoms with Crippen molar-refractivity contribution in [2.75, 3.05) is 0 Å². The summed E-state index contributed by atoms with van der Waals surface area (Å²) in [6.07, 6.45) is 0.